The summed E-state index contributed by atoms with van der Waals surface area (Å²) in [5.74, 6) is 0.566. The van der Waals surface area contributed by atoms with Gasteiger partial charge in [-0.05, 0) is 60.7 Å². The minimum Gasteiger partial charge on any atom is -0.497 e. The molecular formula is C24H23N5O2. The van der Waals surface area contributed by atoms with Gasteiger partial charge in [0.2, 0.25) is 0 Å². The Labute approximate surface area is 181 Å². The highest BCUT2D eigenvalue weighted by atomic mass is 16.5. The molecule has 1 aliphatic rings. The van der Waals surface area contributed by atoms with E-state index in [1.165, 1.54) is 0 Å². The van der Waals surface area contributed by atoms with Gasteiger partial charge in [-0.2, -0.15) is 5.26 Å². The normalized spacial score (nSPS) is 13.4. The summed E-state index contributed by atoms with van der Waals surface area (Å²) in [4.78, 5) is 21.2. The van der Waals surface area contributed by atoms with Crippen LogP contribution in [0.1, 0.15) is 16.1 Å². The Balaban J connectivity index is 1.33. The highest BCUT2D eigenvalue weighted by Crippen LogP contribution is 2.22. The van der Waals surface area contributed by atoms with Crippen LogP contribution in [0.4, 0.5) is 17.1 Å². The van der Waals surface area contributed by atoms with Gasteiger partial charge in [0, 0.05) is 43.1 Å². The molecule has 1 N–H and O–H groups in total. The third-order valence-corrected chi connectivity index (χ3v) is 5.35. The van der Waals surface area contributed by atoms with Crippen LogP contribution in [0.15, 0.2) is 66.9 Å². The summed E-state index contributed by atoms with van der Waals surface area (Å²) in [5.41, 5.74) is 3.93. The number of carbonyl (C=O) groups excluding carboxylic acids is 1. The second kappa shape index (κ2) is 9.18. The maximum atomic E-state index is 12.4. The molecule has 7 nitrogen and oxygen atoms in total. The number of nitrogens with one attached hydrogen (secondary N) is 1. The first-order valence-corrected chi connectivity index (χ1v) is 10.1. The highest BCUT2D eigenvalue weighted by molar-refractivity contribution is 6.04. The van der Waals surface area contributed by atoms with E-state index in [2.05, 4.69) is 20.1 Å². The predicted octanol–water partition coefficient (Wildman–Crippen LogP) is 3.54. The summed E-state index contributed by atoms with van der Waals surface area (Å²) in [7, 11) is 1.60. The van der Waals surface area contributed by atoms with Gasteiger partial charge in [0.1, 0.15) is 17.5 Å². The summed E-state index contributed by atoms with van der Waals surface area (Å²) in [6.45, 7) is 3.53. The molecule has 0 bridgehead atoms. The van der Waals surface area contributed by atoms with Crippen molar-refractivity contribution < 1.29 is 9.53 Å². The first-order chi connectivity index (χ1) is 15.2. The molecular weight excluding hydrogens is 390 g/mol. The van der Waals surface area contributed by atoms with E-state index in [4.69, 9.17) is 10.00 Å². The quantitative estimate of drug-likeness (QED) is 0.689. The Morgan fingerprint density at radius 2 is 1.55 bits per heavy atom. The van der Waals surface area contributed by atoms with Gasteiger partial charge in [0.05, 0.1) is 19.0 Å². The lowest BCUT2D eigenvalue weighted by Gasteiger charge is -2.37. The molecule has 1 aromatic heterocycles. The molecule has 1 aliphatic heterocycles. The fraction of sp³-hybridized carbons (Fsp3) is 0.208. The molecule has 0 radical (unpaired) electrons. The molecule has 156 valence electrons. The largest absolute Gasteiger partial charge is 0.497 e. The summed E-state index contributed by atoms with van der Waals surface area (Å²) in [6.07, 6.45) is 1.76. The Morgan fingerprint density at radius 3 is 2.10 bits per heavy atom. The summed E-state index contributed by atoms with van der Waals surface area (Å²) >= 11 is 0. The van der Waals surface area contributed by atoms with Gasteiger partial charge in [0.25, 0.3) is 5.91 Å². The number of nitrogens with zero attached hydrogens (tertiary/aromatic N) is 4. The van der Waals surface area contributed by atoms with Crippen molar-refractivity contribution in [1.29, 1.82) is 5.26 Å². The van der Waals surface area contributed by atoms with E-state index in [-0.39, 0.29) is 5.91 Å². The molecule has 1 fully saturated rings. The van der Waals surface area contributed by atoms with Crippen LogP contribution in [0.25, 0.3) is 0 Å². The van der Waals surface area contributed by atoms with Gasteiger partial charge in [-0.25, -0.2) is 4.98 Å². The number of piperazine rings is 1. The van der Waals surface area contributed by atoms with Crippen LogP contribution in [0.5, 0.6) is 5.75 Å². The molecule has 4 rings (SSSR count). The number of hydrogen-bond donors (Lipinski definition) is 1. The Morgan fingerprint density at radius 1 is 0.935 bits per heavy atom. The molecule has 2 heterocycles. The second-order valence-electron chi connectivity index (χ2n) is 7.22. The van der Waals surface area contributed by atoms with Crippen molar-refractivity contribution in [3.8, 4) is 11.8 Å². The number of amides is 1. The van der Waals surface area contributed by atoms with Crippen LogP contribution in [-0.2, 0) is 0 Å². The van der Waals surface area contributed by atoms with Gasteiger partial charge in [0.15, 0.2) is 0 Å². The van der Waals surface area contributed by atoms with Gasteiger partial charge >= 0.3 is 0 Å². The third-order valence-electron chi connectivity index (χ3n) is 5.35. The molecule has 0 spiro atoms. The number of carbonyl (C=O) groups is 1. The van der Waals surface area contributed by atoms with Crippen LogP contribution >= 0.6 is 0 Å². The SMILES string of the molecule is COc1ccc(C(=O)Nc2ccc(N3CCN(c4ccc(C#N)nc4)CC3)cc2)cc1. The second-order valence-corrected chi connectivity index (χ2v) is 7.22. The molecule has 0 atom stereocenters. The number of benzene rings is 2. The first kappa shape index (κ1) is 20.2. The molecule has 7 heteroatoms. The van der Waals surface area contributed by atoms with Crippen molar-refractivity contribution in [3.63, 3.8) is 0 Å². The van der Waals surface area contributed by atoms with E-state index in [0.717, 1.165) is 49.0 Å². The number of pyridine rings is 1. The highest BCUT2D eigenvalue weighted by Gasteiger charge is 2.18. The topological polar surface area (TPSA) is 81.5 Å². The maximum Gasteiger partial charge on any atom is 0.255 e. The van der Waals surface area contributed by atoms with E-state index in [1.807, 2.05) is 36.4 Å². The van der Waals surface area contributed by atoms with E-state index in [1.54, 1.807) is 43.6 Å². The number of nitriles is 1. The smallest absolute Gasteiger partial charge is 0.255 e. The maximum absolute atomic E-state index is 12.4. The lowest BCUT2D eigenvalue weighted by molar-refractivity contribution is 0.102. The number of anilines is 3. The summed E-state index contributed by atoms with van der Waals surface area (Å²) < 4.78 is 5.13. The average molecular weight is 413 g/mol. The molecule has 2 aromatic carbocycles. The Hall–Kier alpha value is -4.05. The molecule has 31 heavy (non-hydrogen) atoms. The van der Waals surface area contributed by atoms with Gasteiger partial charge in [-0.3, -0.25) is 4.79 Å². The number of aromatic nitrogens is 1. The molecule has 3 aromatic rings. The van der Waals surface area contributed by atoms with Crippen molar-refractivity contribution >= 4 is 23.0 Å². The lowest BCUT2D eigenvalue weighted by Crippen LogP contribution is -2.46. The van der Waals surface area contributed by atoms with Crippen molar-refractivity contribution in [2.24, 2.45) is 0 Å². The molecule has 0 aliphatic carbocycles. The third kappa shape index (κ3) is 4.75. The summed E-state index contributed by atoms with van der Waals surface area (Å²) in [6, 6.07) is 20.7. The number of hydrogen-bond acceptors (Lipinski definition) is 6. The fourth-order valence-electron chi connectivity index (χ4n) is 3.56. The summed E-state index contributed by atoms with van der Waals surface area (Å²) in [5, 5.41) is 11.8. The molecule has 0 saturated carbocycles. The van der Waals surface area contributed by atoms with E-state index in [9.17, 15) is 4.79 Å². The Bertz CT molecular complexity index is 1060. The zero-order valence-electron chi connectivity index (χ0n) is 17.3. The fourth-order valence-corrected chi connectivity index (χ4v) is 3.56. The monoisotopic (exact) mass is 413 g/mol. The predicted molar refractivity (Wildman–Crippen MR) is 121 cm³/mol. The Kier molecular flexibility index (Phi) is 5.99. The van der Waals surface area contributed by atoms with Gasteiger partial charge in [-0.15, -0.1) is 0 Å². The van der Waals surface area contributed by atoms with Gasteiger partial charge in [-0.1, -0.05) is 0 Å². The number of rotatable bonds is 5. The van der Waals surface area contributed by atoms with E-state index in [0.29, 0.717) is 11.3 Å². The van der Waals surface area contributed by atoms with Crippen LogP contribution in [0, 0.1) is 11.3 Å². The van der Waals surface area contributed by atoms with Crippen LogP contribution < -0.4 is 19.9 Å². The van der Waals surface area contributed by atoms with Crippen LogP contribution in [0.2, 0.25) is 0 Å². The lowest BCUT2D eigenvalue weighted by atomic mass is 10.2. The van der Waals surface area contributed by atoms with Crippen molar-refractivity contribution in [2.45, 2.75) is 0 Å². The standard InChI is InChI=1S/C24H23N5O2/c1-31-23-10-2-18(3-11-23)24(30)27-19-4-7-21(8-5-19)28-12-14-29(15-13-28)22-9-6-20(16-25)26-17-22/h2-11,17H,12-15H2,1H3,(H,27,30). The van der Waals surface area contributed by atoms with E-state index < -0.39 is 0 Å². The molecule has 0 unspecified atom stereocenters. The molecule has 1 amide bonds. The van der Waals surface area contributed by atoms with Crippen molar-refractivity contribution in [2.75, 3.05) is 48.4 Å². The number of ether oxygens (including phenoxy) is 1. The average Bonchev–Trinajstić information content (AvgIpc) is 2.85. The van der Waals surface area contributed by atoms with Crippen molar-refractivity contribution in [1.82, 2.24) is 4.98 Å². The molecule has 1 saturated heterocycles. The van der Waals surface area contributed by atoms with Crippen molar-refractivity contribution in [3.05, 3.63) is 78.1 Å². The zero-order valence-corrected chi connectivity index (χ0v) is 17.3. The van der Waals surface area contributed by atoms with E-state index >= 15 is 0 Å². The first-order valence-electron chi connectivity index (χ1n) is 10.1. The zero-order chi connectivity index (χ0) is 21.6. The van der Waals surface area contributed by atoms with Crippen LogP contribution in [0.3, 0.4) is 0 Å². The minimum absolute atomic E-state index is 0.153. The van der Waals surface area contributed by atoms with Crippen LogP contribution in [-0.4, -0.2) is 44.2 Å². The van der Waals surface area contributed by atoms with Gasteiger partial charge < -0.3 is 19.9 Å². The minimum atomic E-state index is -0.153. The number of methoxy groups -OCH3 is 1.